The highest BCUT2D eigenvalue weighted by Crippen LogP contribution is 2.32. The predicted molar refractivity (Wildman–Crippen MR) is 99.5 cm³/mol. The van der Waals surface area contributed by atoms with E-state index < -0.39 is 0 Å². The molecule has 1 atom stereocenters. The minimum atomic E-state index is 0.249. The fourth-order valence-electron chi connectivity index (χ4n) is 3.35. The summed E-state index contributed by atoms with van der Waals surface area (Å²) in [7, 11) is 0. The lowest BCUT2D eigenvalue weighted by molar-refractivity contribution is 0.0970. The van der Waals surface area contributed by atoms with Gasteiger partial charge in [-0.1, -0.05) is 60.7 Å². The number of aromatic nitrogens is 2. The Bertz CT molecular complexity index is 862. The third-order valence-electron chi connectivity index (χ3n) is 4.50. The molecule has 3 aromatic rings. The van der Waals surface area contributed by atoms with Crippen molar-refractivity contribution in [2.24, 2.45) is 0 Å². The van der Waals surface area contributed by atoms with Crippen LogP contribution in [0.15, 0.2) is 60.7 Å². The topological polar surface area (TPSA) is 29.9 Å². The Morgan fingerprint density at radius 1 is 1.00 bits per heavy atom. The van der Waals surface area contributed by atoms with E-state index in [0.717, 1.165) is 47.7 Å². The molecular formula is C20H20N2OS. The molecule has 4 rings (SSSR count). The number of hydrogen-bond donors (Lipinski definition) is 1. The maximum absolute atomic E-state index is 5.84. The maximum Gasteiger partial charge on any atom is 0.178 e. The van der Waals surface area contributed by atoms with E-state index in [1.54, 1.807) is 0 Å². The summed E-state index contributed by atoms with van der Waals surface area (Å²) in [5, 5.41) is 0. The molecule has 2 aromatic carbocycles. The van der Waals surface area contributed by atoms with E-state index in [-0.39, 0.29) is 6.10 Å². The number of H-pyrrole nitrogens is 1. The monoisotopic (exact) mass is 336 g/mol. The Balaban J connectivity index is 1.87. The molecule has 2 heterocycles. The van der Waals surface area contributed by atoms with Crippen molar-refractivity contribution in [2.45, 2.75) is 25.5 Å². The molecule has 4 heteroatoms. The second-order valence-electron chi connectivity index (χ2n) is 6.13. The van der Waals surface area contributed by atoms with Crippen molar-refractivity contribution >= 4 is 12.2 Å². The Labute approximate surface area is 146 Å². The van der Waals surface area contributed by atoms with Gasteiger partial charge in [0.05, 0.1) is 24.0 Å². The molecule has 0 saturated carbocycles. The van der Waals surface area contributed by atoms with Crippen LogP contribution >= 0.6 is 12.2 Å². The van der Waals surface area contributed by atoms with Gasteiger partial charge in [-0.2, -0.15) is 0 Å². The molecule has 1 aromatic heterocycles. The highest BCUT2D eigenvalue weighted by molar-refractivity contribution is 7.71. The number of rotatable bonds is 4. The zero-order valence-corrected chi connectivity index (χ0v) is 14.3. The highest BCUT2D eigenvalue weighted by atomic mass is 32.1. The van der Waals surface area contributed by atoms with Crippen LogP contribution < -0.4 is 0 Å². The summed E-state index contributed by atoms with van der Waals surface area (Å²) in [6.45, 7) is 1.65. The Kier molecular flexibility index (Phi) is 4.32. The maximum atomic E-state index is 5.84. The number of nitrogens with zero attached hydrogens (tertiary/aromatic N) is 1. The van der Waals surface area contributed by atoms with Gasteiger partial charge in [0.15, 0.2) is 4.77 Å². The molecular weight excluding hydrogens is 316 g/mol. The number of benzene rings is 2. The van der Waals surface area contributed by atoms with Gasteiger partial charge in [0.2, 0.25) is 0 Å². The summed E-state index contributed by atoms with van der Waals surface area (Å²) in [5.41, 5.74) is 4.53. The van der Waals surface area contributed by atoms with Gasteiger partial charge in [-0.25, -0.2) is 0 Å². The highest BCUT2D eigenvalue weighted by Gasteiger charge is 2.21. The smallest absolute Gasteiger partial charge is 0.178 e. The summed E-state index contributed by atoms with van der Waals surface area (Å²) in [6, 6.07) is 20.8. The van der Waals surface area contributed by atoms with Crippen LogP contribution in [0, 0.1) is 4.77 Å². The molecule has 24 heavy (non-hydrogen) atoms. The number of imidazole rings is 1. The first kappa shape index (κ1) is 15.4. The summed E-state index contributed by atoms with van der Waals surface area (Å²) in [5.74, 6) is 0. The number of ether oxygens (including phenoxy) is 1. The molecule has 1 aliphatic rings. The van der Waals surface area contributed by atoms with Gasteiger partial charge in [0, 0.05) is 17.7 Å². The first-order chi connectivity index (χ1) is 11.8. The van der Waals surface area contributed by atoms with E-state index >= 15 is 0 Å². The van der Waals surface area contributed by atoms with E-state index in [2.05, 4.69) is 58.1 Å². The van der Waals surface area contributed by atoms with Crippen LogP contribution in [0.2, 0.25) is 0 Å². The van der Waals surface area contributed by atoms with Crippen LogP contribution in [-0.4, -0.2) is 22.3 Å². The van der Waals surface area contributed by atoms with Gasteiger partial charge >= 0.3 is 0 Å². The lowest BCUT2D eigenvalue weighted by Crippen LogP contribution is -2.15. The van der Waals surface area contributed by atoms with Gasteiger partial charge in [0.1, 0.15) is 0 Å². The molecule has 0 aliphatic carbocycles. The number of hydrogen-bond acceptors (Lipinski definition) is 2. The average Bonchev–Trinajstić information content (AvgIpc) is 3.25. The van der Waals surface area contributed by atoms with Gasteiger partial charge in [-0.3, -0.25) is 0 Å². The lowest BCUT2D eigenvalue weighted by Gasteiger charge is -2.14. The first-order valence-electron chi connectivity index (χ1n) is 8.38. The first-order valence-corrected chi connectivity index (χ1v) is 8.79. The number of aromatic amines is 1. The third kappa shape index (κ3) is 2.95. The van der Waals surface area contributed by atoms with Gasteiger partial charge in [-0.05, 0) is 25.1 Å². The normalized spacial score (nSPS) is 17.2. The summed E-state index contributed by atoms with van der Waals surface area (Å²) in [6.07, 6.45) is 2.48. The quantitative estimate of drug-likeness (QED) is 0.675. The molecule has 1 aliphatic heterocycles. The SMILES string of the molecule is S=c1[nH]c(-c2ccccc2)c(-c2ccccc2)n1CC1CCCO1. The summed E-state index contributed by atoms with van der Waals surface area (Å²) >= 11 is 5.65. The van der Waals surface area contributed by atoms with Gasteiger partial charge in [0.25, 0.3) is 0 Å². The van der Waals surface area contributed by atoms with E-state index in [0.29, 0.717) is 0 Å². The minimum Gasteiger partial charge on any atom is -0.376 e. The average molecular weight is 336 g/mol. The molecule has 1 saturated heterocycles. The fourth-order valence-corrected chi connectivity index (χ4v) is 3.61. The molecule has 0 bridgehead atoms. The van der Waals surface area contributed by atoms with Crippen LogP contribution in [0.5, 0.6) is 0 Å². The van der Waals surface area contributed by atoms with Crippen LogP contribution in [-0.2, 0) is 11.3 Å². The van der Waals surface area contributed by atoms with Crippen molar-refractivity contribution in [3.05, 3.63) is 65.4 Å². The van der Waals surface area contributed by atoms with Crippen molar-refractivity contribution in [2.75, 3.05) is 6.61 Å². The molecule has 1 unspecified atom stereocenters. The van der Waals surface area contributed by atoms with Gasteiger partial charge < -0.3 is 14.3 Å². The van der Waals surface area contributed by atoms with E-state index in [4.69, 9.17) is 17.0 Å². The van der Waals surface area contributed by atoms with Crippen molar-refractivity contribution in [3.8, 4) is 22.5 Å². The summed E-state index contributed by atoms with van der Waals surface area (Å²) < 4.78 is 8.79. The van der Waals surface area contributed by atoms with Crippen molar-refractivity contribution in [3.63, 3.8) is 0 Å². The second-order valence-corrected chi connectivity index (χ2v) is 6.52. The zero-order chi connectivity index (χ0) is 16.4. The van der Waals surface area contributed by atoms with E-state index in [9.17, 15) is 0 Å². The Morgan fingerprint density at radius 3 is 2.29 bits per heavy atom. The molecule has 0 radical (unpaired) electrons. The molecule has 1 fully saturated rings. The van der Waals surface area contributed by atoms with Crippen molar-refractivity contribution in [1.29, 1.82) is 0 Å². The number of nitrogens with one attached hydrogen (secondary N) is 1. The predicted octanol–water partition coefficient (Wildman–Crippen LogP) is 5.06. The molecule has 0 spiro atoms. The van der Waals surface area contributed by atoms with Crippen LogP contribution in [0.4, 0.5) is 0 Å². The fraction of sp³-hybridized carbons (Fsp3) is 0.250. The van der Waals surface area contributed by atoms with E-state index in [1.165, 1.54) is 5.56 Å². The Hall–Kier alpha value is -2.17. The minimum absolute atomic E-state index is 0.249. The zero-order valence-electron chi connectivity index (χ0n) is 13.4. The molecule has 1 N–H and O–H groups in total. The second kappa shape index (κ2) is 6.75. The molecule has 122 valence electrons. The van der Waals surface area contributed by atoms with Crippen LogP contribution in [0.1, 0.15) is 12.8 Å². The van der Waals surface area contributed by atoms with Gasteiger partial charge in [-0.15, -0.1) is 0 Å². The molecule has 3 nitrogen and oxygen atoms in total. The third-order valence-corrected chi connectivity index (χ3v) is 4.83. The van der Waals surface area contributed by atoms with E-state index in [1.807, 2.05) is 12.1 Å². The summed E-state index contributed by atoms with van der Waals surface area (Å²) in [4.78, 5) is 3.42. The lowest BCUT2D eigenvalue weighted by atomic mass is 10.0. The Morgan fingerprint density at radius 2 is 1.67 bits per heavy atom. The molecule has 0 amide bonds. The van der Waals surface area contributed by atoms with Crippen molar-refractivity contribution in [1.82, 2.24) is 9.55 Å². The van der Waals surface area contributed by atoms with Crippen LogP contribution in [0.3, 0.4) is 0 Å². The standard InChI is InChI=1S/C20H20N2OS/c24-20-21-18(15-8-3-1-4-9-15)19(16-10-5-2-6-11-16)22(20)14-17-12-7-13-23-17/h1-6,8-11,17H,7,12-14H2,(H,21,24). The van der Waals surface area contributed by atoms with Crippen LogP contribution in [0.25, 0.3) is 22.5 Å². The largest absolute Gasteiger partial charge is 0.376 e. The van der Waals surface area contributed by atoms with Crippen molar-refractivity contribution < 1.29 is 4.74 Å².